The molecule has 7 aromatic carbocycles. The highest BCUT2D eigenvalue weighted by molar-refractivity contribution is 5.94. The maximum absolute atomic E-state index is 10.1. The van der Waals surface area contributed by atoms with Crippen LogP contribution in [0, 0.1) is 32.1 Å². The first-order valence-corrected chi connectivity index (χ1v) is 25.3. The van der Waals surface area contributed by atoms with Gasteiger partial charge in [0, 0.05) is 35.3 Å². The number of benzene rings is 7. The van der Waals surface area contributed by atoms with Gasteiger partial charge in [0.2, 0.25) is 0 Å². The molecule has 3 aromatic heterocycles. The smallest absolute Gasteiger partial charge is 0.0994 e. The third kappa shape index (κ3) is 10.1. The van der Waals surface area contributed by atoms with Gasteiger partial charge in [-0.2, -0.15) is 5.26 Å². The van der Waals surface area contributed by atoms with E-state index >= 15 is 0 Å². The van der Waals surface area contributed by atoms with Crippen LogP contribution in [0.1, 0.15) is 62.1 Å². The Hall–Kier alpha value is -8.52. The predicted molar refractivity (Wildman–Crippen MR) is 297 cm³/mol. The van der Waals surface area contributed by atoms with Crippen molar-refractivity contribution in [2.24, 2.45) is 0 Å². The van der Waals surface area contributed by atoms with Crippen molar-refractivity contribution < 1.29 is 0 Å². The van der Waals surface area contributed by atoms with E-state index in [1.165, 1.54) is 61.2 Å². The van der Waals surface area contributed by atoms with E-state index in [9.17, 15) is 5.26 Å². The van der Waals surface area contributed by atoms with Gasteiger partial charge in [-0.05, 0) is 203 Å². The van der Waals surface area contributed by atoms with Gasteiger partial charge in [-0.3, -0.25) is 15.0 Å². The van der Waals surface area contributed by atoms with Gasteiger partial charge in [0.05, 0.1) is 28.7 Å². The Morgan fingerprint density at radius 3 is 1.56 bits per heavy atom. The summed E-state index contributed by atoms with van der Waals surface area (Å²) in [7, 11) is 0. The summed E-state index contributed by atoms with van der Waals surface area (Å²) in [5, 5.41) is 10.1. The Morgan fingerprint density at radius 2 is 0.958 bits per heavy atom. The Labute approximate surface area is 424 Å². The van der Waals surface area contributed by atoms with Gasteiger partial charge in [-0.1, -0.05) is 140 Å². The molecular formula is C68H56N4. The maximum atomic E-state index is 10.1. The van der Waals surface area contributed by atoms with E-state index in [1.807, 2.05) is 30.7 Å². The molecule has 1 aliphatic carbocycles. The number of aryl methyl sites for hydroxylation is 8. The van der Waals surface area contributed by atoms with Crippen LogP contribution < -0.4 is 0 Å². The Balaban J connectivity index is 0.957. The molecule has 0 saturated carbocycles. The highest BCUT2D eigenvalue weighted by Crippen LogP contribution is 2.42. The fraction of sp³-hybridized carbons (Fsp3) is 0.147. The van der Waals surface area contributed by atoms with E-state index in [0.29, 0.717) is 0 Å². The molecule has 4 nitrogen and oxygen atoms in total. The van der Waals surface area contributed by atoms with E-state index in [0.717, 1.165) is 118 Å². The van der Waals surface area contributed by atoms with Gasteiger partial charge >= 0.3 is 0 Å². The lowest BCUT2D eigenvalue weighted by atomic mass is 9.86. The van der Waals surface area contributed by atoms with E-state index in [-0.39, 0.29) is 0 Å². The van der Waals surface area contributed by atoms with E-state index < -0.39 is 0 Å². The molecule has 0 atom stereocenters. The summed E-state index contributed by atoms with van der Waals surface area (Å²) in [4.78, 5) is 14.1. The number of nitriles is 1. The minimum absolute atomic E-state index is 0.809. The van der Waals surface area contributed by atoms with E-state index in [2.05, 4.69) is 207 Å². The van der Waals surface area contributed by atoms with Crippen molar-refractivity contribution >= 4 is 0 Å². The van der Waals surface area contributed by atoms with Gasteiger partial charge in [0.25, 0.3) is 0 Å². The molecule has 1 aliphatic rings. The van der Waals surface area contributed by atoms with Crippen molar-refractivity contribution in [3.63, 3.8) is 0 Å². The molecule has 0 radical (unpaired) electrons. The molecule has 0 unspecified atom stereocenters. The van der Waals surface area contributed by atoms with Gasteiger partial charge in [-0.15, -0.1) is 0 Å². The van der Waals surface area contributed by atoms with E-state index in [4.69, 9.17) is 4.98 Å². The molecule has 0 spiro atoms. The number of pyridine rings is 3. The first kappa shape index (κ1) is 45.9. The highest BCUT2D eigenvalue weighted by atomic mass is 14.7. The monoisotopic (exact) mass is 928 g/mol. The summed E-state index contributed by atoms with van der Waals surface area (Å²) in [6.45, 7) is 6.30. The van der Waals surface area contributed by atoms with Crippen LogP contribution >= 0.6 is 0 Å². The molecule has 0 amide bonds. The standard InChI is InChI=1S/C68H56N4/c1-45-31-33-70-67(35-45)54-20-16-48(17-21-54)12-14-50-37-51(15-13-49-18-22-55(23-19-49)68-36-46(2)32-34-71-68)39-59(38-50)62-8-4-5-9-63(62)64-29-28-57(66-30-11-47(3)44-72-66)42-65(64)53-26-24-52(25-27-53)58-40-56-7-6-10-61(56)60(41-58)43-69/h4-5,8-9,11,16-42,44H,6-7,10,12-15H2,1-3H3. The molecule has 0 aliphatic heterocycles. The van der Waals surface area contributed by atoms with Crippen LogP contribution in [-0.4, -0.2) is 15.0 Å². The molecule has 72 heavy (non-hydrogen) atoms. The lowest BCUT2D eigenvalue weighted by Gasteiger charge is -2.18. The molecule has 11 rings (SSSR count). The molecule has 0 bridgehead atoms. The van der Waals surface area contributed by atoms with E-state index in [1.54, 1.807) is 0 Å². The van der Waals surface area contributed by atoms with Gasteiger partial charge < -0.3 is 0 Å². The second kappa shape index (κ2) is 20.4. The van der Waals surface area contributed by atoms with Crippen LogP contribution in [0.4, 0.5) is 0 Å². The molecule has 0 saturated heterocycles. The zero-order valence-electron chi connectivity index (χ0n) is 41.3. The normalized spacial score (nSPS) is 11.9. The average Bonchev–Trinajstić information content (AvgIpc) is 3.91. The van der Waals surface area contributed by atoms with Crippen molar-refractivity contribution in [1.29, 1.82) is 5.26 Å². The van der Waals surface area contributed by atoms with Crippen molar-refractivity contribution in [2.45, 2.75) is 65.7 Å². The fourth-order valence-corrected chi connectivity index (χ4v) is 10.5. The number of aromatic nitrogens is 3. The first-order chi connectivity index (χ1) is 35.3. The average molecular weight is 929 g/mol. The SMILES string of the molecule is Cc1ccc(-c2ccc(-c3ccccc3-c3cc(CCc4ccc(-c5cc(C)ccn5)cc4)cc(CCc4ccc(-c5cc(C)ccn5)cc4)c3)c(-c3ccc(-c4cc(C#N)c5c(c4)CCC5)cc3)c2)nc1. The van der Waals surface area contributed by atoms with Crippen molar-refractivity contribution in [1.82, 2.24) is 15.0 Å². The van der Waals surface area contributed by atoms with Crippen LogP contribution in [0.2, 0.25) is 0 Å². The Kier molecular flexibility index (Phi) is 13.0. The summed E-state index contributed by atoms with van der Waals surface area (Å²) in [6, 6.07) is 69.3. The number of fused-ring (bicyclic) bond motifs is 1. The maximum Gasteiger partial charge on any atom is 0.0994 e. The second-order valence-electron chi connectivity index (χ2n) is 19.6. The largest absolute Gasteiger partial charge is 0.256 e. The summed E-state index contributed by atoms with van der Waals surface area (Å²) in [5.74, 6) is 0. The van der Waals surface area contributed by atoms with Gasteiger partial charge in [-0.25, -0.2) is 0 Å². The van der Waals surface area contributed by atoms with Crippen LogP contribution in [0.15, 0.2) is 201 Å². The Bertz CT molecular complexity index is 3510. The molecule has 0 fully saturated rings. The minimum Gasteiger partial charge on any atom is -0.256 e. The summed E-state index contributed by atoms with van der Waals surface area (Å²) in [6.07, 6.45) is 12.5. The topological polar surface area (TPSA) is 62.5 Å². The first-order valence-electron chi connectivity index (χ1n) is 25.3. The molecule has 3 heterocycles. The quantitative estimate of drug-likeness (QED) is 0.116. The third-order valence-electron chi connectivity index (χ3n) is 14.4. The predicted octanol–water partition coefficient (Wildman–Crippen LogP) is 16.4. The van der Waals surface area contributed by atoms with Crippen molar-refractivity contribution in [2.75, 3.05) is 0 Å². The van der Waals surface area contributed by atoms with Crippen LogP contribution in [-0.2, 0) is 38.5 Å². The fourth-order valence-electron chi connectivity index (χ4n) is 10.5. The van der Waals surface area contributed by atoms with Crippen molar-refractivity contribution in [3.8, 4) is 84.3 Å². The highest BCUT2D eigenvalue weighted by Gasteiger charge is 2.19. The number of hydrogen-bond acceptors (Lipinski definition) is 4. The van der Waals surface area contributed by atoms with Crippen LogP contribution in [0.25, 0.3) is 78.3 Å². The molecule has 0 N–H and O–H groups in total. The third-order valence-corrected chi connectivity index (χ3v) is 14.4. The zero-order chi connectivity index (χ0) is 49.0. The molecule has 348 valence electrons. The number of hydrogen-bond donors (Lipinski definition) is 0. The lowest BCUT2D eigenvalue weighted by molar-refractivity contribution is 0.911. The minimum atomic E-state index is 0.809. The van der Waals surface area contributed by atoms with Crippen LogP contribution in [0.5, 0.6) is 0 Å². The van der Waals surface area contributed by atoms with Crippen LogP contribution in [0.3, 0.4) is 0 Å². The van der Waals surface area contributed by atoms with Crippen molar-refractivity contribution in [3.05, 3.63) is 256 Å². The molecule has 4 heteroatoms. The van der Waals surface area contributed by atoms with Gasteiger partial charge in [0.1, 0.15) is 0 Å². The summed E-state index contributed by atoms with van der Waals surface area (Å²) >= 11 is 0. The lowest BCUT2D eigenvalue weighted by Crippen LogP contribution is -1.98. The molecular weight excluding hydrogens is 873 g/mol. The zero-order valence-corrected chi connectivity index (χ0v) is 41.3. The summed E-state index contributed by atoms with van der Waals surface area (Å²) < 4.78 is 0. The Morgan fingerprint density at radius 1 is 0.389 bits per heavy atom. The van der Waals surface area contributed by atoms with Gasteiger partial charge in [0.15, 0.2) is 0 Å². The second-order valence-corrected chi connectivity index (χ2v) is 19.6. The molecule has 10 aromatic rings. The summed E-state index contributed by atoms with van der Waals surface area (Å²) in [5.41, 5.74) is 27.7. The number of rotatable bonds is 13. The number of nitrogens with zero attached hydrogens (tertiary/aromatic N) is 4.